The first kappa shape index (κ1) is 27.1. The molecular weight excluding hydrogens is 552 g/mol. The van der Waals surface area contributed by atoms with Crippen molar-refractivity contribution in [3.8, 4) is 0 Å². The van der Waals surface area contributed by atoms with E-state index in [9.17, 15) is 18.3 Å². The topological polar surface area (TPSA) is 154 Å². The summed E-state index contributed by atoms with van der Waals surface area (Å²) in [6.45, 7) is 0.387. The molecule has 0 spiro atoms. The van der Waals surface area contributed by atoms with Gasteiger partial charge in [-0.1, -0.05) is 17.7 Å². The molecular formula is C25H27ClN4O6S2. The molecule has 3 aromatic rings. The average Bonchev–Trinajstić information content (AvgIpc) is 3.44. The first-order chi connectivity index (χ1) is 18.2. The van der Waals surface area contributed by atoms with E-state index in [4.69, 9.17) is 21.5 Å². The van der Waals surface area contributed by atoms with E-state index in [0.29, 0.717) is 40.7 Å². The first-order valence-corrected chi connectivity index (χ1v) is 14.8. The number of ether oxygens (including phenoxy) is 1. The Morgan fingerprint density at radius 3 is 2.95 bits per heavy atom. The number of nitrogens with zero attached hydrogens (tertiary/aromatic N) is 2. The van der Waals surface area contributed by atoms with Crippen LogP contribution in [-0.4, -0.2) is 54.6 Å². The van der Waals surface area contributed by atoms with Crippen molar-refractivity contribution in [2.24, 2.45) is 11.1 Å². The first-order valence-electron chi connectivity index (χ1n) is 12.1. The third-order valence-corrected chi connectivity index (χ3v) is 8.60. The van der Waals surface area contributed by atoms with Crippen LogP contribution in [0.15, 0.2) is 42.9 Å². The van der Waals surface area contributed by atoms with Gasteiger partial charge in [-0.3, -0.25) is 8.98 Å². The van der Waals surface area contributed by atoms with Crippen molar-refractivity contribution in [2.45, 2.75) is 43.9 Å². The lowest BCUT2D eigenvalue weighted by molar-refractivity contribution is 0.0865. The highest BCUT2D eigenvalue weighted by Crippen LogP contribution is 2.38. The Labute approximate surface area is 229 Å². The molecule has 13 heteroatoms. The Kier molecular flexibility index (Phi) is 8.10. The number of halogens is 1. The number of carbonyl (C=O) groups excluding carboxylic acids is 1. The van der Waals surface area contributed by atoms with Crippen molar-refractivity contribution in [3.05, 3.63) is 74.3 Å². The molecule has 4 atom stereocenters. The second kappa shape index (κ2) is 11.3. The molecule has 3 heterocycles. The van der Waals surface area contributed by atoms with Gasteiger partial charge in [-0.2, -0.15) is 8.42 Å². The number of anilines is 1. The maximum Gasteiger partial charge on any atom is 0.333 e. The number of fused-ring (bicyclic) bond motifs is 1. The summed E-state index contributed by atoms with van der Waals surface area (Å²) < 4.78 is 33.0. The Bertz CT molecular complexity index is 1430. The Morgan fingerprint density at radius 1 is 1.29 bits per heavy atom. The summed E-state index contributed by atoms with van der Waals surface area (Å²) in [6, 6.07) is 9.27. The van der Waals surface area contributed by atoms with Gasteiger partial charge in [0.2, 0.25) is 5.78 Å². The fourth-order valence-electron chi connectivity index (χ4n) is 4.96. The third-order valence-electron chi connectivity index (χ3n) is 6.78. The molecule has 2 aliphatic rings. The molecule has 1 aromatic carbocycles. The van der Waals surface area contributed by atoms with E-state index in [1.165, 1.54) is 29.4 Å². The molecule has 0 saturated heterocycles. The molecule has 0 radical (unpaired) electrons. The molecule has 1 fully saturated rings. The number of benzene rings is 1. The number of carbonyl (C=O) groups is 1. The molecule has 0 bridgehead atoms. The van der Waals surface area contributed by atoms with Gasteiger partial charge in [-0.15, -0.1) is 11.3 Å². The molecule has 2 aromatic heterocycles. The number of nitrogens with two attached hydrogens (primary N) is 1. The summed E-state index contributed by atoms with van der Waals surface area (Å²) in [6.07, 6.45) is 4.27. The van der Waals surface area contributed by atoms with Crippen LogP contribution in [0.2, 0.25) is 5.02 Å². The van der Waals surface area contributed by atoms with E-state index in [-0.39, 0.29) is 24.5 Å². The SMILES string of the molecule is NS(=O)(=O)OC[C@H]1C[C@@H](Nc2ncncc2C(=O)c2ccc(C3OCCCc4ccc(Cl)cc43)s2)C[C@@H]1O. The Morgan fingerprint density at radius 2 is 2.13 bits per heavy atom. The van der Waals surface area contributed by atoms with Crippen LogP contribution in [0.4, 0.5) is 5.82 Å². The predicted octanol–water partition coefficient (Wildman–Crippen LogP) is 3.25. The van der Waals surface area contributed by atoms with Gasteiger partial charge in [0, 0.05) is 34.7 Å². The number of aromatic nitrogens is 2. The summed E-state index contributed by atoms with van der Waals surface area (Å²) >= 11 is 7.64. The maximum atomic E-state index is 13.5. The molecule has 10 nitrogen and oxygen atoms in total. The van der Waals surface area contributed by atoms with Crippen molar-refractivity contribution >= 4 is 44.8 Å². The molecule has 1 aliphatic heterocycles. The molecule has 4 N–H and O–H groups in total. The molecule has 1 saturated carbocycles. The number of aliphatic hydroxyl groups is 1. The van der Waals surface area contributed by atoms with E-state index in [2.05, 4.69) is 19.5 Å². The number of hydrogen-bond acceptors (Lipinski definition) is 10. The van der Waals surface area contributed by atoms with Crippen molar-refractivity contribution in [1.82, 2.24) is 9.97 Å². The number of nitrogens with one attached hydrogen (secondary N) is 1. The van der Waals surface area contributed by atoms with E-state index in [1.807, 2.05) is 24.3 Å². The second-order valence-electron chi connectivity index (χ2n) is 9.43. The summed E-state index contributed by atoms with van der Waals surface area (Å²) in [4.78, 5) is 23.3. The van der Waals surface area contributed by atoms with Crippen LogP contribution >= 0.6 is 22.9 Å². The van der Waals surface area contributed by atoms with Crippen molar-refractivity contribution in [3.63, 3.8) is 0 Å². The highest BCUT2D eigenvalue weighted by atomic mass is 35.5. The van der Waals surface area contributed by atoms with Gasteiger partial charge in [0.1, 0.15) is 18.2 Å². The van der Waals surface area contributed by atoms with Crippen LogP contribution in [-0.2, 0) is 25.6 Å². The number of aryl methyl sites for hydroxylation is 1. The molecule has 1 unspecified atom stereocenters. The molecule has 202 valence electrons. The largest absolute Gasteiger partial charge is 0.393 e. The van der Waals surface area contributed by atoms with Gasteiger partial charge in [-0.05, 0) is 61.1 Å². The van der Waals surface area contributed by atoms with E-state index < -0.39 is 22.3 Å². The zero-order valence-electron chi connectivity index (χ0n) is 20.2. The standard InChI is InChI=1S/C25H27ClN4O6S2/c26-16-4-3-14-2-1-7-35-24(18(14)9-16)22-6-5-21(37-22)23(32)19-11-28-13-29-25(19)30-17-8-15(20(31)10-17)12-36-38(27,33)34/h3-6,9,11,13,15,17,20,24,31H,1-2,7-8,10,12H2,(H2,27,33,34)(H,28,29,30)/t15-,17-,20+,24?/m1/s1. The molecule has 0 amide bonds. The van der Waals surface area contributed by atoms with E-state index in [0.717, 1.165) is 23.3 Å². The van der Waals surface area contributed by atoms with Crippen LogP contribution in [0.3, 0.4) is 0 Å². The summed E-state index contributed by atoms with van der Waals surface area (Å²) in [5, 5.41) is 19.1. The van der Waals surface area contributed by atoms with Crippen LogP contribution in [0.5, 0.6) is 0 Å². The Hall–Kier alpha value is -2.45. The molecule has 1 aliphatic carbocycles. The lowest BCUT2D eigenvalue weighted by atomic mass is 9.99. The van der Waals surface area contributed by atoms with Crippen LogP contribution in [0.1, 0.15) is 56.6 Å². The zero-order valence-corrected chi connectivity index (χ0v) is 22.6. The third kappa shape index (κ3) is 6.23. The minimum Gasteiger partial charge on any atom is -0.393 e. The zero-order chi connectivity index (χ0) is 26.9. The van der Waals surface area contributed by atoms with Crippen molar-refractivity contribution < 1.29 is 27.2 Å². The number of aliphatic hydroxyl groups excluding tert-OH is 1. The van der Waals surface area contributed by atoms with Gasteiger partial charge in [0.25, 0.3) is 0 Å². The maximum absolute atomic E-state index is 13.5. The van der Waals surface area contributed by atoms with Gasteiger partial charge in [0.15, 0.2) is 0 Å². The minimum absolute atomic E-state index is 0.219. The minimum atomic E-state index is -4.10. The van der Waals surface area contributed by atoms with Crippen LogP contribution < -0.4 is 10.5 Å². The lowest BCUT2D eigenvalue weighted by Crippen LogP contribution is -2.24. The number of hydrogen-bond donors (Lipinski definition) is 3. The lowest BCUT2D eigenvalue weighted by Gasteiger charge is -2.17. The van der Waals surface area contributed by atoms with Gasteiger partial charge < -0.3 is 15.2 Å². The molecule has 38 heavy (non-hydrogen) atoms. The normalized spacial score (nSPS) is 23.6. The van der Waals surface area contributed by atoms with E-state index in [1.54, 1.807) is 6.07 Å². The smallest absolute Gasteiger partial charge is 0.333 e. The number of thiophene rings is 1. The van der Waals surface area contributed by atoms with Crippen molar-refractivity contribution in [2.75, 3.05) is 18.5 Å². The highest BCUT2D eigenvalue weighted by molar-refractivity contribution is 7.84. The summed E-state index contributed by atoms with van der Waals surface area (Å²) in [5.41, 5.74) is 2.50. The van der Waals surface area contributed by atoms with Gasteiger partial charge in [-0.25, -0.2) is 15.1 Å². The van der Waals surface area contributed by atoms with E-state index >= 15 is 0 Å². The number of rotatable bonds is 8. The fraction of sp³-hybridized carbons (Fsp3) is 0.400. The average molecular weight is 579 g/mol. The number of ketones is 1. The van der Waals surface area contributed by atoms with Crippen molar-refractivity contribution in [1.29, 1.82) is 0 Å². The van der Waals surface area contributed by atoms with Crippen LogP contribution in [0, 0.1) is 5.92 Å². The molecule has 5 rings (SSSR count). The summed E-state index contributed by atoms with van der Waals surface area (Å²) in [5.74, 6) is -0.326. The monoisotopic (exact) mass is 578 g/mol. The predicted molar refractivity (Wildman–Crippen MR) is 143 cm³/mol. The van der Waals surface area contributed by atoms with Gasteiger partial charge >= 0.3 is 10.3 Å². The highest BCUT2D eigenvalue weighted by Gasteiger charge is 2.35. The van der Waals surface area contributed by atoms with Gasteiger partial charge in [0.05, 0.1) is 23.2 Å². The Balaban J connectivity index is 1.33. The van der Waals surface area contributed by atoms with Crippen LogP contribution in [0.25, 0.3) is 0 Å². The fourth-order valence-corrected chi connectivity index (χ4v) is 6.54. The quantitative estimate of drug-likeness (QED) is 0.342. The second-order valence-corrected chi connectivity index (χ2v) is 12.2. The summed E-state index contributed by atoms with van der Waals surface area (Å²) in [7, 11) is -4.10.